The van der Waals surface area contributed by atoms with Crippen molar-refractivity contribution in [3.05, 3.63) is 158 Å². The summed E-state index contributed by atoms with van der Waals surface area (Å²) in [5, 5.41) is 2.82. The largest absolute Gasteiger partial charge is 0.456 e. The van der Waals surface area contributed by atoms with Crippen molar-refractivity contribution in [2.24, 2.45) is 0 Å². The van der Waals surface area contributed by atoms with Crippen LogP contribution < -0.4 is 4.74 Å². The first kappa shape index (κ1) is 17.3. The third kappa shape index (κ3) is 3.65. The van der Waals surface area contributed by atoms with E-state index in [9.17, 15) is 0 Å². The summed E-state index contributed by atoms with van der Waals surface area (Å²) in [5.74, 6) is 1.59. The lowest BCUT2D eigenvalue weighted by Gasteiger charge is -2.22. The van der Waals surface area contributed by atoms with Gasteiger partial charge in [-0.05, 0) is 78.0 Å². The Morgan fingerprint density at radius 1 is 0.372 bits per heavy atom. The van der Waals surface area contributed by atoms with E-state index in [0.29, 0.717) is 22.3 Å². The van der Waals surface area contributed by atoms with Gasteiger partial charge >= 0.3 is 0 Å². The predicted octanol–water partition coefficient (Wildman–Crippen LogP) is 11.9. The second kappa shape index (κ2) is 9.44. The standard InChI is InChI=1S/C42H26O/c1-2-11-28(12-3-1)40-34-14-4-6-16-36(34)41(37-17-7-5-15-35(37)40)29-23-21-27(22-24-29)30-25-26-39-42-32(30)18-10-19-33(42)31-13-8-9-20-38(31)43-39/h1-26H/i4D,5D,6D,7D,14D,15D,16D,17D. The van der Waals surface area contributed by atoms with E-state index >= 15 is 0 Å². The van der Waals surface area contributed by atoms with Crippen LogP contribution in [0.25, 0.3) is 76.8 Å². The topological polar surface area (TPSA) is 9.23 Å². The molecule has 0 atom stereocenters. The zero-order valence-electron chi connectivity index (χ0n) is 30.8. The van der Waals surface area contributed by atoms with Crippen molar-refractivity contribution in [1.82, 2.24) is 0 Å². The minimum atomic E-state index is -0.419. The van der Waals surface area contributed by atoms with Gasteiger partial charge in [0, 0.05) is 10.9 Å². The van der Waals surface area contributed by atoms with Crippen LogP contribution in [0.15, 0.2) is 158 Å². The van der Waals surface area contributed by atoms with E-state index in [0.717, 1.165) is 44.5 Å². The number of hydrogen-bond acceptors (Lipinski definition) is 1. The highest BCUT2D eigenvalue weighted by atomic mass is 16.5. The van der Waals surface area contributed by atoms with Crippen LogP contribution in [0.3, 0.4) is 0 Å². The molecule has 0 fully saturated rings. The Hall–Kier alpha value is -5.66. The molecule has 0 bridgehead atoms. The van der Waals surface area contributed by atoms with E-state index in [1.54, 1.807) is 24.3 Å². The molecule has 0 N–H and O–H groups in total. The third-order valence-corrected chi connectivity index (χ3v) is 8.32. The quantitative estimate of drug-likeness (QED) is 0.197. The fraction of sp³-hybridized carbons (Fsp3) is 0. The Bertz CT molecular complexity index is 2710. The maximum absolute atomic E-state index is 9.16. The predicted molar refractivity (Wildman–Crippen MR) is 181 cm³/mol. The van der Waals surface area contributed by atoms with Crippen molar-refractivity contribution in [1.29, 1.82) is 0 Å². The monoisotopic (exact) mass is 554 g/mol. The molecule has 43 heavy (non-hydrogen) atoms. The Balaban J connectivity index is 1.35. The normalized spacial score (nSPS) is 14.5. The van der Waals surface area contributed by atoms with E-state index in [-0.39, 0.29) is 45.7 Å². The lowest BCUT2D eigenvalue weighted by Crippen LogP contribution is -1.97. The van der Waals surface area contributed by atoms with Crippen LogP contribution in [-0.2, 0) is 0 Å². The van der Waals surface area contributed by atoms with Gasteiger partial charge in [-0.2, -0.15) is 0 Å². The van der Waals surface area contributed by atoms with Crippen molar-refractivity contribution in [2.45, 2.75) is 0 Å². The van der Waals surface area contributed by atoms with Gasteiger partial charge in [0.1, 0.15) is 11.5 Å². The number of ether oxygens (including phenoxy) is 1. The smallest absolute Gasteiger partial charge is 0.135 e. The molecule has 0 amide bonds. The first-order valence-corrected chi connectivity index (χ1v) is 14.1. The molecular weight excluding hydrogens is 520 g/mol. The van der Waals surface area contributed by atoms with Crippen molar-refractivity contribution in [2.75, 3.05) is 0 Å². The second-order valence-electron chi connectivity index (χ2n) is 10.6. The Kier molecular flexibility index (Phi) is 3.80. The fourth-order valence-electron chi connectivity index (χ4n) is 6.46. The Morgan fingerprint density at radius 2 is 0.930 bits per heavy atom. The van der Waals surface area contributed by atoms with Gasteiger partial charge in [0.05, 0.1) is 11.0 Å². The molecule has 0 aromatic heterocycles. The molecule has 1 aliphatic heterocycles. The molecule has 8 aromatic rings. The van der Waals surface area contributed by atoms with Crippen LogP contribution in [0.2, 0.25) is 0 Å². The van der Waals surface area contributed by atoms with Gasteiger partial charge < -0.3 is 4.74 Å². The highest BCUT2D eigenvalue weighted by Crippen LogP contribution is 2.49. The summed E-state index contributed by atoms with van der Waals surface area (Å²) >= 11 is 0. The van der Waals surface area contributed by atoms with Crippen molar-refractivity contribution < 1.29 is 15.7 Å². The summed E-state index contributed by atoms with van der Waals surface area (Å²) in [6.07, 6.45) is 0. The number of benzene rings is 8. The SMILES string of the molecule is [2H]c1c([2H])c([2H])c2c(-c3ccc(-c4ccc5c6c(cccc46)-c4ccccc4O5)cc3)c3c([2H])c([2H])c([2H])c([2H])c3c(-c3ccccc3)c2c1[2H]. The maximum atomic E-state index is 9.16. The van der Waals surface area contributed by atoms with Gasteiger partial charge in [-0.25, -0.2) is 0 Å². The van der Waals surface area contributed by atoms with E-state index < -0.39 is 24.2 Å². The molecule has 0 unspecified atom stereocenters. The zero-order valence-corrected chi connectivity index (χ0v) is 22.8. The average molecular weight is 555 g/mol. The Morgan fingerprint density at radius 3 is 1.60 bits per heavy atom. The number of hydrogen-bond donors (Lipinski definition) is 0. The molecule has 9 rings (SSSR count). The van der Waals surface area contributed by atoms with Crippen LogP contribution in [0.1, 0.15) is 11.0 Å². The first-order valence-electron chi connectivity index (χ1n) is 18.1. The molecule has 0 saturated heterocycles. The number of para-hydroxylation sites is 1. The molecular formula is C42H26O. The van der Waals surface area contributed by atoms with Crippen LogP contribution in [0.5, 0.6) is 11.5 Å². The van der Waals surface area contributed by atoms with Gasteiger partial charge in [-0.15, -0.1) is 0 Å². The van der Waals surface area contributed by atoms with E-state index in [1.807, 2.05) is 66.7 Å². The average Bonchev–Trinajstić information content (AvgIpc) is 3.17. The number of fused-ring (bicyclic) bond motifs is 4. The lowest BCUT2D eigenvalue weighted by atomic mass is 9.85. The van der Waals surface area contributed by atoms with E-state index in [1.165, 1.54) is 0 Å². The van der Waals surface area contributed by atoms with E-state index in [2.05, 4.69) is 18.2 Å². The summed E-state index contributed by atoms with van der Waals surface area (Å²) in [5.41, 5.74) is 5.79. The van der Waals surface area contributed by atoms with Crippen LogP contribution in [0.4, 0.5) is 0 Å². The van der Waals surface area contributed by atoms with Crippen LogP contribution >= 0.6 is 0 Å². The molecule has 0 spiro atoms. The van der Waals surface area contributed by atoms with Gasteiger partial charge in [0.15, 0.2) is 0 Å². The summed E-state index contributed by atoms with van der Waals surface area (Å²) in [6.45, 7) is 0. The summed E-state index contributed by atoms with van der Waals surface area (Å²) in [4.78, 5) is 0. The molecule has 1 heteroatoms. The van der Waals surface area contributed by atoms with E-state index in [4.69, 9.17) is 15.7 Å². The van der Waals surface area contributed by atoms with Gasteiger partial charge in [0.2, 0.25) is 0 Å². The molecule has 8 aromatic carbocycles. The van der Waals surface area contributed by atoms with Gasteiger partial charge in [-0.1, -0.05) is 145 Å². The third-order valence-electron chi connectivity index (χ3n) is 8.32. The molecule has 0 saturated carbocycles. The first-order chi connectivity index (χ1) is 24.7. The summed E-state index contributed by atoms with van der Waals surface area (Å²) < 4.78 is 77.3. The molecule has 1 aliphatic rings. The van der Waals surface area contributed by atoms with Gasteiger partial charge in [-0.3, -0.25) is 0 Å². The minimum Gasteiger partial charge on any atom is -0.456 e. The Labute approximate surface area is 261 Å². The fourth-order valence-corrected chi connectivity index (χ4v) is 6.46. The van der Waals surface area contributed by atoms with Gasteiger partial charge in [0.25, 0.3) is 0 Å². The summed E-state index contributed by atoms with van der Waals surface area (Å²) in [6, 6.07) is 32.0. The van der Waals surface area contributed by atoms with Crippen molar-refractivity contribution in [3.63, 3.8) is 0 Å². The number of rotatable bonds is 3. The van der Waals surface area contributed by atoms with Crippen molar-refractivity contribution in [3.8, 4) is 56.0 Å². The zero-order chi connectivity index (χ0) is 35.3. The molecule has 0 radical (unpaired) electrons. The molecule has 1 heterocycles. The highest BCUT2D eigenvalue weighted by Gasteiger charge is 2.21. The maximum Gasteiger partial charge on any atom is 0.135 e. The molecule has 200 valence electrons. The van der Waals surface area contributed by atoms with Crippen LogP contribution in [0, 0.1) is 0 Å². The van der Waals surface area contributed by atoms with Crippen LogP contribution in [-0.4, -0.2) is 0 Å². The minimum absolute atomic E-state index is 0.197. The lowest BCUT2D eigenvalue weighted by molar-refractivity contribution is 0.487. The highest BCUT2D eigenvalue weighted by molar-refractivity contribution is 6.21. The molecule has 1 nitrogen and oxygen atoms in total. The second-order valence-corrected chi connectivity index (χ2v) is 10.6. The van der Waals surface area contributed by atoms with Crippen molar-refractivity contribution >= 4 is 32.3 Å². The molecule has 0 aliphatic carbocycles. The summed E-state index contributed by atoms with van der Waals surface area (Å²) in [7, 11) is 0.